The molecule has 84 valence electrons. The second-order valence-corrected chi connectivity index (χ2v) is 4.67. The highest BCUT2D eigenvalue weighted by atomic mass is 19.1. The first kappa shape index (κ1) is 10.9. The van der Waals surface area contributed by atoms with Gasteiger partial charge in [0.2, 0.25) is 0 Å². The van der Waals surface area contributed by atoms with Gasteiger partial charge in [0.25, 0.3) is 0 Å². The maximum atomic E-state index is 13.4. The molecule has 0 atom stereocenters. The Morgan fingerprint density at radius 2 is 2.25 bits per heavy atom. The average Bonchev–Trinajstić information content (AvgIpc) is 3.01. The van der Waals surface area contributed by atoms with Gasteiger partial charge in [-0.15, -0.1) is 0 Å². The molecule has 1 fully saturated rings. The molecule has 1 aliphatic carbocycles. The van der Waals surface area contributed by atoms with Crippen molar-refractivity contribution in [3.05, 3.63) is 29.6 Å². The van der Waals surface area contributed by atoms with Crippen molar-refractivity contribution in [1.82, 2.24) is 0 Å². The monoisotopic (exact) mass is 218 g/mol. The summed E-state index contributed by atoms with van der Waals surface area (Å²) < 4.78 is 13.4. The van der Waals surface area contributed by atoms with Gasteiger partial charge in [-0.25, -0.2) is 4.39 Å². The minimum absolute atomic E-state index is 0.102. The normalized spacial score (nSPS) is 16.6. The van der Waals surface area contributed by atoms with Gasteiger partial charge in [-0.3, -0.25) is 0 Å². The second-order valence-electron chi connectivity index (χ2n) is 4.67. The van der Waals surface area contributed by atoms with E-state index in [1.165, 1.54) is 6.07 Å². The molecule has 0 amide bonds. The van der Waals surface area contributed by atoms with Gasteiger partial charge in [0, 0.05) is 18.4 Å². The summed E-state index contributed by atoms with van der Waals surface area (Å²) in [4.78, 5) is 0. The lowest BCUT2D eigenvalue weighted by molar-refractivity contribution is 0.553. The molecule has 1 saturated carbocycles. The van der Waals surface area contributed by atoms with Crippen LogP contribution in [0, 0.1) is 29.5 Å². The molecule has 0 spiro atoms. The van der Waals surface area contributed by atoms with Crippen molar-refractivity contribution in [2.45, 2.75) is 26.2 Å². The molecule has 16 heavy (non-hydrogen) atoms. The van der Waals surface area contributed by atoms with Gasteiger partial charge in [-0.05, 0) is 37.5 Å². The topological polar surface area (TPSA) is 35.8 Å². The van der Waals surface area contributed by atoms with Crippen LogP contribution in [-0.2, 0) is 0 Å². The van der Waals surface area contributed by atoms with E-state index in [1.807, 2.05) is 6.92 Å². The van der Waals surface area contributed by atoms with Crippen LogP contribution >= 0.6 is 0 Å². The lowest BCUT2D eigenvalue weighted by Crippen LogP contribution is -2.15. The van der Waals surface area contributed by atoms with Gasteiger partial charge in [-0.1, -0.05) is 6.07 Å². The predicted molar refractivity (Wildman–Crippen MR) is 61.5 cm³/mol. The number of benzene rings is 1. The van der Waals surface area contributed by atoms with E-state index in [1.54, 1.807) is 12.1 Å². The first-order chi connectivity index (χ1) is 7.65. The van der Waals surface area contributed by atoms with Crippen molar-refractivity contribution in [2.24, 2.45) is 5.41 Å². The maximum Gasteiger partial charge on any atom is 0.146 e. The number of nitriles is 1. The summed E-state index contributed by atoms with van der Waals surface area (Å²) in [6.45, 7) is 2.63. The fraction of sp³-hybridized carbons (Fsp3) is 0.462. The highest BCUT2D eigenvalue weighted by Gasteiger charge is 2.42. The number of hydrogen-bond acceptors (Lipinski definition) is 2. The Balaban J connectivity index is 2.00. The van der Waals surface area contributed by atoms with Crippen LogP contribution in [0.3, 0.4) is 0 Å². The minimum atomic E-state index is -0.224. The number of nitrogens with zero attached hydrogens (tertiary/aromatic N) is 1. The Kier molecular flexibility index (Phi) is 2.82. The van der Waals surface area contributed by atoms with Crippen molar-refractivity contribution in [3.63, 3.8) is 0 Å². The predicted octanol–water partition coefficient (Wildman–Crippen LogP) is 3.24. The molecule has 3 heteroatoms. The Morgan fingerprint density at radius 1 is 1.50 bits per heavy atom. The molecule has 0 unspecified atom stereocenters. The van der Waals surface area contributed by atoms with Crippen LogP contribution in [0.5, 0.6) is 0 Å². The Morgan fingerprint density at radius 3 is 2.88 bits per heavy atom. The SMILES string of the molecule is Cc1ccc(F)c(NCC2(CC#N)CC2)c1. The van der Waals surface area contributed by atoms with Crippen molar-refractivity contribution in [3.8, 4) is 6.07 Å². The Hall–Kier alpha value is -1.56. The number of halogens is 1. The fourth-order valence-corrected chi connectivity index (χ4v) is 1.82. The molecule has 1 aromatic rings. The number of anilines is 1. The first-order valence-corrected chi connectivity index (χ1v) is 5.52. The highest BCUT2D eigenvalue weighted by Crippen LogP contribution is 2.48. The van der Waals surface area contributed by atoms with E-state index >= 15 is 0 Å². The lowest BCUT2D eigenvalue weighted by Gasteiger charge is -2.14. The van der Waals surface area contributed by atoms with Crippen LogP contribution in [0.2, 0.25) is 0 Å². The van der Waals surface area contributed by atoms with Gasteiger partial charge < -0.3 is 5.32 Å². The van der Waals surface area contributed by atoms with E-state index < -0.39 is 0 Å². The van der Waals surface area contributed by atoms with E-state index in [0.29, 0.717) is 18.7 Å². The molecule has 0 heterocycles. The van der Waals surface area contributed by atoms with E-state index in [-0.39, 0.29) is 11.2 Å². The van der Waals surface area contributed by atoms with E-state index in [9.17, 15) is 4.39 Å². The number of rotatable bonds is 4. The smallest absolute Gasteiger partial charge is 0.146 e. The molecule has 0 aromatic heterocycles. The minimum Gasteiger partial charge on any atom is -0.382 e. The van der Waals surface area contributed by atoms with Crippen LogP contribution in [0.25, 0.3) is 0 Å². The van der Waals surface area contributed by atoms with E-state index in [2.05, 4.69) is 11.4 Å². The summed E-state index contributed by atoms with van der Waals surface area (Å²) in [7, 11) is 0. The fourth-order valence-electron chi connectivity index (χ4n) is 1.82. The highest BCUT2D eigenvalue weighted by molar-refractivity contribution is 5.47. The molecule has 1 aliphatic rings. The molecular weight excluding hydrogens is 203 g/mol. The molecule has 0 saturated heterocycles. The molecule has 1 aromatic carbocycles. The van der Waals surface area contributed by atoms with Gasteiger partial charge in [-0.2, -0.15) is 5.26 Å². The van der Waals surface area contributed by atoms with Gasteiger partial charge in [0.15, 0.2) is 0 Å². The van der Waals surface area contributed by atoms with Crippen molar-refractivity contribution in [2.75, 3.05) is 11.9 Å². The number of nitrogens with one attached hydrogen (secondary N) is 1. The quantitative estimate of drug-likeness (QED) is 0.842. The Labute approximate surface area is 95.1 Å². The van der Waals surface area contributed by atoms with Crippen LogP contribution in [0.1, 0.15) is 24.8 Å². The summed E-state index contributed by atoms with van der Waals surface area (Å²) in [5.41, 5.74) is 1.68. The van der Waals surface area contributed by atoms with Crippen LogP contribution in [0.4, 0.5) is 10.1 Å². The zero-order valence-corrected chi connectivity index (χ0v) is 9.39. The summed E-state index contributed by atoms with van der Waals surface area (Å²) in [5, 5.41) is 11.8. The van der Waals surface area contributed by atoms with Crippen molar-refractivity contribution >= 4 is 5.69 Å². The molecule has 0 radical (unpaired) electrons. The van der Waals surface area contributed by atoms with E-state index in [0.717, 1.165) is 18.4 Å². The standard InChI is InChI=1S/C13H15FN2/c1-10-2-3-11(14)12(8-10)16-9-13(4-5-13)6-7-15/h2-3,8,16H,4-6,9H2,1H3. The van der Waals surface area contributed by atoms with Gasteiger partial charge >= 0.3 is 0 Å². The number of hydrogen-bond donors (Lipinski definition) is 1. The third kappa shape index (κ3) is 2.33. The number of aryl methyl sites for hydroxylation is 1. The molecule has 0 aliphatic heterocycles. The second kappa shape index (κ2) is 4.13. The summed E-state index contributed by atoms with van der Waals surface area (Å²) in [6.07, 6.45) is 2.70. The third-order valence-corrected chi connectivity index (χ3v) is 3.19. The molecular formula is C13H15FN2. The molecule has 2 nitrogen and oxygen atoms in total. The van der Waals surface area contributed by atoms with Crippen molar-refractivity contribution in [1.29, 1.82) is 5.26 Å². The van der Waals surface area contributed by atoms with Crippen LogP contribution in [-0.4, -0.2) is 6.54 Å². The molecule has 0 bridgehead atoms. The largest absolute Gasteiger partial charge is 0.382 e. The summed E-state index contributed by atoms with van der Waals surface area (Å²) in [5.74, 6) is -0.224. The summed E-state index contributed by atoms with van der Waals surface area (Å²) >= 11 is 0. The zero-order valence-electron chi connectivity index (χ0n) is 9.39. The van der Waals surface area contributed by atoms with Crippen LogP contribution in [0.15, 0.2) is 18.2 Å². The zero-order chi connectivity index (χ0) is 11.6. The van der Waals surface area contributed by atoms with Gasteiger partial charge in [0.1, 0.15) is 5.82 Å². The summed E-state index contributed by atoms with van der Waals surface area (Å²) in [6, 6.07) is 7.23. The van der Waals surface area contributed by atoms with Gasteiger partial charge in [0.05, 0.1) is 11.8 Å². The Bertz CT molecular complexity index is 430. The first-order valence-electron chi connectivity index (χ1n) is 5.52. The lowest BCUT2D eigenvalue weighted by atomic mass is 10.0. The van der Waals surface area contributed by atoms with Crippen molar-refractivity contribution < 1.29 is 4.39 Å². The molecule has 1 N–H and O–H groups in total. The molecule has 2 rings (SSSR count). The third-order valence-electron chi connectivity index (χ3n) is 3.19. The maximum absolute atomic E-state index is 13.4. The average molecular weight is 218 g/mol. The van der Waals surface area contributed by atoms with E-state index in [4.69, 9.17) is 5.26 Å². The van der Waals surface area contributed by atoms with Crippen LogP contribution < -0.4 is 5.32 Å².